The number of ether oxygens (including phenoxy) is 1. The molecule has 0 atom stereocenters. The van der Waals surface area contributed by atoms with E-state index >= 15 is 0 Å². The van der Waals surface area contributed by atoms with Crippen LogP contribution in [-0.2, 0) is 17.1 Å². The van der Waals surface area contributed by atoms with Crippen molar-refractivity contribution in [1.82, 2.24) is 14.2 Å². The van der Waals surface area contributed by atoms with Crippen LogP contribution in [0, 0.1) is 6.92 Å². The normalized spacial score (nSPS) is 11.6. The van der Waals surface area contributed by atoms with E-state index in [1.807, 2.05) is 13.0 Å². The lowest BCUT2D eigenvalue weighted by molar-refractivity contribution is 0.417. The van der Waals surface area contributed by atoms with Gasteiger partial charge in [-0.2, -0.15) is 5.10 Å². The smallest absolute Gasteiger partial charge is 0.290 e. The highest BCUT2D eigenvalue weighted by molar-refractivity contribution is 7.92. The van der Waals surface area contributed by atoms with Crippen molar-refractivity contribution < 1.29 is 13.2 Å². The fraction of sp³-hybridized carbons (Fsp3) is 0.200. The Morgan fingerprint density at radius 3 is 2.71 bits per heavy atom. The second-order valence-corrected chi connectivity index (χ2v) is 7.02. The summed E-state index contributed by atoms with van der Waals surface area (Å²) in [6, 6.07) is 6.49. The van der Waals surface area contributed by atoms with E-state index in [9.17, 15) is 13.2 Å². The molecule has 0 aliphatic heterocycles. The summed E-state index contributed by atoms with van der Waals surface area (Å²) in [5.74, 6) is 0.408. The van der Waals surface area contributed by atoms with Crippen molar-refractivity contribution in [2.75, 3.05) is 11.8 Å². The molecule has 0 bridgehead atoms. The first-order chi connectivity index (χ1) is 11.3. The average molecular weight is 348 g/mol. The van der Waals surface area contributed by atoms with Gasteiger partial charge in [-0.05, 0) is 30.7 Å². The topological polar surface area (TPSA) is 94.7 Å². The van der Waals surface area contributed by atoms with Crippen molar-refractivity contribution in [1.29, 1.82) is 0 Å². The second kappa shape index (κ2) is 5.68. The fourth-order valence-electron chi connectivity index (χ4n) is 2.32. The maximum Gasteiger partial charge on any atom is 0.290 e. The van der Waals surface area contributed by atoms with E-state index in [4.69, 9.17) is 4.74 Å². The molecule has 0 aliphatic rings. The number of anilines is 1. The SMILES string of the molecule is COc1ccc(C)cc1NS(=O)(=O)c1cc2c(=O)n(C)ncn2c1. The molecular formula is C15H16N4O4S. The molecule has 0 amide bonds. The first kappa shape index (κ1) is 16.1. The molecule has 0 saturated carbocycles. The van der Waals surface area contributed by atoms with Crippen LogP contribution in [0.5, 0.6) is 5.75 Å². The van der Waals surface area contributed by atoms with E-state index < -0.39 is 10.0 Å². The molecule has 126 valence electrons. The van der Waals surface area contributed by atoms with Gasteiger partial charge in [-0.3, -0.25) is 13.9 Å². The van der Waals surface area contributed by atoms with Crippen molar-refractivity contribution in [3.05, 3.63) is 52.7 Å². The minimum absolute atomic E-state index is 0.0313. The van der Waals surface area contributed by atoms with Gasteiger partial charge < -0.3 is 4.74 Å². The number of nitrogens with one attached hydrogen (secondary N) is 1. The van der Waals surface area contributed by atoms with E-state index in [0.29, 0.717) is 11.4 Å². The van der Waals surface area contributed by atoms with Gasteiger partial charge >= 0.3 is 0 Å². The molecule has 0 saturated heterocycles. The minimum atomic E-state index is -3.88. The van der Waals surface area contributed by atoms with Crippen molar-refractivity contribution in [3.63, 3.8) is 0 Å². The molecule has 0 fully saturated rings. The molecule has 2 aromatic heterocycles. The molecule has 3 rings (SSSR count). The summed E-state index contributed by atoms with van der Waals surface area (Å²) in [5.41, 5.74) is 1.06. The van der Waals surface area contributed by atoms with Gasteiger partial charge in [-0.15, -0.1) is 0 Å². The van der Waals surface area contributed by atoms with Crippen LogP contribution in [0.25, 0.3) is 5.52 Å². The molecule has 3 aromatic rings. The van der Waals surface area contributed by atoms with Gasteiger partial charge in [-0.1, -0.05) is 6.07 Å². The Morgan fingerprint density at radius 2 is 2.00 bits per heavy atom. The molecule has 0 spiro atoms. The highest BCUT2D eigenvalue weighted by atomic mass is 32.2. The molecular weight excluding hydrogens is 332 g/mol. The summed E-state index contributed by atoms with van der Waals surface area (Å²) in [5, 5.41) is 3.86. The predicted molar refractivity (Wildman–Crippen MR) is 89.0 cm³/mol. The molecule has 9 heteroatoms. The lowest BCUT2D eigenvalue weighted by Crippen LogP contribution is -2.20. The van der Waals surface area contributed by atoms with E-state index in [0.717, 1.165) is 10.2 Å². The van der Waals surface area contributed by atoms with Crippen LogP contribution in [0.4, 0.5) is 5.69 Å². The van der Waals surface area contributed by atoms with Crippen LogP contribution in [0.15, 0.2) is 46.5 Å². The third-order valence-electron chi connectivity index (χ3n) is 3.60. The predicted octanol–water partition coefficient (Wildman–Crippen LogP) is 1.15. The van der Waals surface area contributed by atoms with Gasteiger partial charge in [-0.25, -0.2) is 13.1 Å². The van der Waals surface area contributed by atoms with E-state index in [1.54, 1.807) is 12.1 Å². The third kappa shape index (κ3) is 2.73. The Kier molecular flexibility index (Phi) is 3.80. The zero-order valence-electron chi connectivity index (χ0n) is 13.3. The highest BCUT2D eigenvalue weighted by Gasteiger charge is 2.20. The van der Waals surface area contributed by atoms with Gasteiger partial charge in [0.15, 0.2) is 0 Å². The van der Waals surface area contributed by atoms with Crippen molar-refractivity contribution in [3.8, 4) is 5.75 Å². The summed E-state index contributed by atoms with van der Waals surface area (Å²) in [4.78, 5) is 12.0. The second-order valence-electron chi connectivity index (χ2n) is 5.34. The number of hydrogen-bond acceptors (Lipinski definition) is 5. The van der Waals surface area contributed by atoms with Crippen LogP contribution < -0.4 is 15.0 Å². The zero-order chi connectivity index (χ0) is 17.5. The van der Waals surface area contributed by atoms with Crippen LogP contribution in [0.1, 0.15) is 5.56 Å². The Labute approximate surface area is 138 Å². The number of hydrogen-bond donors (Lipinski definition) is 1. The number of nitrogens with zero attached hydrogens (tertiary/aromatic N) is 3. The standard InChI is InChI=1S/C15H16N4O4S/c1-10-4-5-14(23-3)12(6-10)17-24(21,22)11-7-13-15(20)18(2)16-9-19(13)8-11/h4-9,17H,1-3H3. The third-order valence-corrected chi connectivity index (χ3v) is 4.93. The number of aromatic nitrogens is 3. The number of sulfonamides is 1. The summed E-state index contributed by atoms with van der Waals surface area (Å²) in [6.45, 7) is 1.85. The first-order valence-corrected chi connectivity index (χ1v) is 8.51. The number of benzene rings is 1. The van der Waals surface area contributed by atoms with Crippen molar-refractivity contribution in [2.24, 2.45) is 7.05 Å². The summed E-state index contributed by atoms with van der Waals surface area (Å²) in [6.07, 6.45) is 2.72. The Bertz CT molecular complexity index is 1080. The first-order valence-electron chi connectivity index (χ1n) is 7.03. The Morgan fingerprint density at radius 1 is 1.25 bits per heavy atom. The average Bonchev–Trinajstić information content (AvgIpc) is 2.97. The zero-order valence-corrected chi connectivity index (χ0v) is 14.2. The lowest BCUT2D eigenvalue weighted by atomic mass is 10.2. The van der Waals surface area contributed by atoms with Crippen LogP contribution in [0.3, 0.4) is 0 Å². The van der Waals surface area contributed by atoms with Gasteiger partial charge in [0, 0.05) is 13.2 Å². The number of rotatable bonds is 4. The molecule has 0 radical (unpaired) electrons. The summed E-state index contributed by atoms with van der Waals surface area (Å²) >= 11 is 0. The van der Waals surface area contributed by atoms with Gasteiger partial charge in [0.2, 0.25) is 0 Å². The Hall–Kier alpha value is -2.81. The van der Waals surface area contributed by atoms with Crippen LogP contribution in [0.2, 0.25) is 0 Å². The van der Waals surface area contributed by atoms with E-state index in [-0.39, 0.29) is 16.0 Å². The van der Waals surface area contributed by atoms with Gasteiger partial charge in [0.25, 0.3) is 15.6 Å². The largest absolute Gasteiger partial charge is 0.495 e. The van der Waals surface area contributed by atoms with Crippen molar-refractivity contribution >= 4 is 21.2 Å². The summed E-state index contributed by atoms with van der Waals surface area (Å²) in [7, 11) is -0.919. The maximum atomic E-state index is 12.6. The number of fused-ring (bicyclic) bond motifs is 1. The minimum Gasteiger partial charge on any atom is -0.495 e. The monoisotopic (exact) mass is 348 g/mol. The molecule has 0 unspecified atom stereocenters. The molecule has 2 heterocycles. The molecule has 8 nitrogen and oxygen atoms in total. The fourth-order valence-corrected chi connectivity index (χ4v) is 3.41. The van der Waals surface area contributed by atoms with Crippen LogP contribution >= 0.6 is 0 Å². The summed E-state index contributed by atoms with van der Waals surface area (Å²) < 4.78 is 35.5. The Balaban J connectivity index is 2.07. The van der Waals surface area contributed by atoms with E-state index in [1.165, 1.54) is 37.1 Å². The van der Waals surface area contributed by atoms with E-state index in [2.05, 4.69) is 9.82 Å². The molecule has 24 heavy (non-hydrogen) atoms. The molecule has 1 N–H and O–H groups in total. The molecule has 1 aromatic carbocycles. The maximum absolute atomic E-state index is 12.6. The van der Waals surface area contributed by atoms with Gasteiger partial charge in [0.1, 0.15) is 22.5 Å². The number of aryl methyl sites for hydroxylation is 2. The number of methoxy groups -OCH3 is 1. The van der Waals surface area contributed by atoms with Crippen LogP contribution in [-0.4, -0.2) is 29.7 Å². The van der Waals surface area contributed by atoms with Gasteiger partial charge in [0.05, 0.1) is 12.8 Å². The lowest BCUT2D eigenvalue weighted by Gasteiger charge is -2.11. The van der Waals surface area contributed by atoms with Crippen molar-refractivity contribution in [2.45, 2.75) is 11.8 Å². The quantitative estimate of drug-likeness (QED) is 0.763. The highest BCUT2D eigenvalue weighted by Crippen LogP contribution is 2.28. The molecule has 0 aliphatic carbocycles.